The lowest BCUT2D eigenvalue weighted by atomic mass is 9.99. The van der Waals surface area contributed by atoms with E-state index in [1.165, 1.54) is 6.08 Å². The Bertz CT molecular complexity index is 382. The number of carboxylic acids is 1. The fourth-order valence-electron chi connectivity index (χ4n) is 2.14. The second-order valence-electron chi connectivity index (χ2n) is 6.37. The average molecular weight is 268 g/mol. The molecule has 1 rings (SSSR count). The molecule has 19 heavy (non-hydrogen) atoms. The Kier molecular flexibility index (Phi) is 4.77. The van der Waals surface area contributed by atoms with Crippen molar-refractivity contribution < 1.29 is 19.4 Å². The van der Waals surface area contributed by atoms with Gasteiger partial charge in [0.2, 0.25) is 0 Å². The Morgan fingerprint density at radius 1 is 1.32 bits per heavy atom. The molecule has 1 aliphatic carbocycles. The molecule has 108 valence electrons. The van der Waals surface area contributed by atoms with Gasteiger partial charge in [0.25, 0.3) is 0 Å². The molecule has 0 aromatic rings. The minimum absolute atomic E-state index is 0.0833. The molecular weight excluding hydrogens is 244 g/mol. The Morgan fingerprint density at radius 3 is 2.32 bits per heavy atom. The summed E-state index contributed by atoms with van der Waals surface area (Å²) in [7, 11) is 0. The normalized spacial score (nSPS) is 26.4. The molecule has 3 atom stereocenters. The monoisotopic (exact) mass is 268 g/mol. The molecule has 0 aromatic carbocycles. The summed E-state index contributed by atoms with van der Waals surface area (Å²) in [5, 5.41) is 9.01. The second-order valence-corrected chi connectivity index (χ2v) is 6.37. The summed E-state index contributed by atoms with van der Waals surface area (Å²) in [6.07, 6.45) is 3.03. The molecule has 1 N–H and O–H groups in total. The lowest BCUT2D eigenvalue weighted by Crippen LogP contribution is -2.14. The maximum absolute atomic E-state index is 11.5. The van der Waals surface area contributed by atoms with Gasteiger partial charge in [-0.1, -0.05) is 40.7 Å². The zero-order valence-corrected chi connectivity index (χ0v) is 12.3. The number of allylic oxidation sites excluding steroid dienone is 1. The minimum atomic E-state index is -0.804. The molecule has 4 heteroatoms. The van der Waals surface area contributed by atoms with Crippen LogP contribution in [-0.2, 0) is 14.3 Å². The van der Waals surface area contributed by atoms with E-state index in [0.717, 1.165) is 0 Å². The lowest BCUT2D eigenvalue weighted by molar-refractivity contribution is -0.140. The first-order valence-corrected chi connectivity index (χ1v) is 6.75. The van der Waals surface area contributed by atoms with E-state index in [9.17, 15) is 9.59 Å². The molecule has 0 spiro atoms. The lowest BCUT2D eigenvalue weighted by Gasteiger charge is -2.14. The van der Waals surface area contributed by atoms with Gasteiger partial charge in [0, 0.05) is 6.08 Å². The van der Waals surface area contributed by atoms with Crippen LogP contribution in [0, 0.1) is 29.1 Å². The number of carbonyl (C=O) groups excluding carboxylic acids is 1. The molecule has 4 nitrogen and oxygen atoms in total. The van der Waals surface area contributed by atoms with Crippen LogP contribution in [0.5, 0.6) is 0 Å². The summed E-state index contributed by atoms with van der Waals surface area (Å²) in [4.78, 5) is 22.5. The number of ether oxygens (including phenoxy) is 1. The molecular formula is C15H24O4. The first-order chi connectivity index (χ1) is 8.67. The molecule has 1 fully saturated rings. The van der Waals surface area contributed by atoms with Crippen LogP contribution in [-0.4, -0.2) is 23.7 Å². The predicted octanol–water partition coefficient (Wildman–Crippen LogP) is 2.73. The van der Waals surface area contributed by atoms with Crippen LogP contribution in [0.4, 0.5) is 0 Å². The van der Waals surface area contributed by atoms with Gasteiger partial charge in [-0.05, 0) is 23.2 Å². The van der Waals surface area contributed by atoms with Crippen molar-refractivity contribution in [2.24, 2.45) is 29.1 Å². The molecule has 0 aliphatic heterocycles. The quantitative estimate of drug-likeness (QED) is 0.594. The molecule has 1 saturated carbocycles. The number of rotatable bonds is 6. The Labute approximate surface area is 114 Å². The molecule has 0 heterocycles. The van der Waals surface area contributed by atoms with Gasteiger partial charge in [0.1, 0.15) is 0 Å². The Morgan fingerprint density at radius 2 is 1.89 bits per heavy atom. The standard InChI is InChI=1S/C15H24O4/c1-9(2)10(3)8-19-12(16)7-6-11-13(14(17)18)15(11,4)5/h6-7,9-11,13H,8H2,1-5H3,(H,17,18). The summed E-state index contributed by atoms with van der Waals surface area (Å²) < 4.78 is 5.13. The van der Waals surface area contributed by atoms with Gasteiger partial charge in [-0.25, -0.2) is 4.79 Å². The minimum Gasteiger partial charge on any atom is -0.481 e. The number of carboxylic acid groups (broad SMARTS) is 1. The number of esters is 1. The van der Waals surface area contributed by atoms with Crippen molar-refractivity contribution in [1.29, 1.82) is 0 Å². The van der Waals surface area contributed by atoms with Crippen LogP contribution >= 0.6 is 0 Å². The molecule has 1 aliphatic rings. The average Bonchev–Trinajstić information content (AvgIpc) is 2.85. The summed E-state index contributed by atoms with van der Waals surface area (Å²) in [5.74, 6) is -0.885. The van der Waals surface area contributed by atoms with Gasteiger partial charge in [-0.2, -0.15) is 0 Å². The number of carbonyl (C=O) groups is 2. The van der Waals surface area contributed by atoms with E-state index < -0.39 is 11.9 Å². The van der Waals surface area contributed by atoms with E-state index in [1.807, 2.05) is 20.8 Å². The Hall–Kier alpha value is -1.32. The zero-order chi connectivity index (χ0) is 14.8. The number of hydrogen-bond donors (Lipinski definition) is 1. The highest BCUT2D eigenvalue weighted by molar-refractivity contribution is 5.83. The fraction of sp³-hybridized carbons (Fsp3) is 0.733. The van der Waals surface area contributed by atoms with E-state index in [-0.39, 0.29) is 17.3 Å². The van der Waals surface area contributed by atoms with Gasteiger partial charge in [-0.15, -0.1) is 0 Å². The molecule has 0 amide bonds. The van der Waals surface area contributed by atoms with Crippen LogP contribution in [0.3, 0.4) is 0 Å². The smallest absolute Gasteiger partial charge is 0.330 e. The van der Waals surface area contributed by atoms with Crippen molar-refractivity contribution in [2.45, 2.75) is 34.6 Å². The molecule has 0 radical (unpaired) electrons. The van der Waals surface area contributed by atoms with Gasteiger partial charge >= 0.3 is 11.9 Å². The second kappa shape index (κ2) is 5.76. The van der Waals surface area contributed by atoms with Crippen LogP contribution in [0.25, 0.3) is 0 Å². The molecule has 3 unspecified atom stereocenters. The largest absolute Gasteiger partial charge is 0.481 e. The van der Waals surface area contributed by atoms with Crippen molar-refractivity contribution in [1.82, 2.24) is 0 Å². The summed E-state index contributed by atoms with van der Waals surface area (Å²) in [5.41, 5.74) is -0.270. The van der Waals surface area contributed by atoms with E-state index in [1.54, 1.807) is 6.08 Å². The summed E-state index contributed by atoms with van der Waals surface area (Å²) >= 11 is 0. The fourth-order valence-corrected chi connectivity index (χ4v) is 2.14. The molecule has 0 aromatic heterocycles. The number of hydrogen-bond acceptors (Lipinski definition) is 3. The molecule has 0 bridgehead atoms. The third-order valence-corrected chi connectivity index (χ3v) is 4.24. The predicted molar refractivity (Wildman–Crippen MR) is 72.5 cm³/mol. The van der Waals surface area contributed by atoms with E-state index >= 15 is 0 Å². The maximum atomic E-state index is 11.5. The van der Waals surface area contributed by atoms with Crippen molar-refractivity contribution in [2.75, 3.05) is 6.61 Å². The van der Waals surface area contributed by atoms with Gasteiger partial charge < -0.3 is 9.84 Å². The van der Waals surface area contributed by atoms with Gasteiger partial charge in [0.05, 0.1) is 12.5 Å². The Balaban J connectivity index is 2.42. The van der Waals surface area contributed by atoms with Crippen molar-refractivity contribution in [3.8, 4) is 0 Å². The van der Waals surface area contributed by atoms with E-state index in [4.69, 9.17) is 9.84 Å². The summed E-state index contributed by atoms with van der Waals surface area (Å²) in [6.45, 7) is 10.4. The van der Waals surface area contributed by atoms with Crippen LogP contribution in [0.15, 0.2) is 12.2 Å². The molecule has 0 saturated heterocycles. The topological polar surface area (TPSA) is 63.6 Å². The van der Waals surface area contributed by atoms with Crippen LogP contribution < -0.4 is 0 Å². The first-order valence-electron chi connectivity index (χ1n) is 6.75. The summed E-state index contributed by atoms with van der Waals surface area (Å²) in [6, 6.07) is 0. The highest BCUT2D eigenvalue weighted by atomic mass is 16.5. The number of aliphatic carboxylic acids is 1. The van der Waals surface area contributed by atoms with E-state index in [0.29, 0.717) is 18.4 Å². The first kappa shape index (κ1) is 15.7. The maximum Gasteiger partial charge on any atom is 0.330 e. The van der Waals surface area contributed by atoms with Gasteiger partial charge in [0.15, 0.2) is 0 Å². The highest BCUT2D eigenvalue weighted by Gasteiger charge is 2.60. The van der Waals surface area contributed by atoms with Gasteiger partial charge in [-0.3, -0.25) is 4.79 Å². The third-order valence-electron chi connectivity index (χ3n) is 4.24. The zero-order valence-electron chi connectivity index (χ0n) is 12.3. The van der Waals surface area contributed by atoms with E-state index in [2.05, 4.69) is 13.8 Å². The van der Waals surface area contributed by atoms with Crippen LogP contribution in [0.1, 0.15) is 34.6 Å². The highest BCUT2D eigenvalue weighted by Crippen LogP contribution is 2.58. The SMILES string of the molecule is CC(C)C(C)COC(=O)C=CC1C(C(=O)O)C1(C)C. The van der Waals surface area contributed by atoms with Crippen molar-refractivity contribution in [3.05, 3.63) is 12.2 Å². The van der Waals surface area contributed by atoms with Crippen LogP contribution in [0.2, 0.25) is 0 Å². The van der Waals surface area contributed by atoms with Crippen molar-refractivity contribution in [3.63, 3.8) is 0 Å². The third kappa shape index (κ3) is 3.82. The van der Waals surface area contributed by atoms with Crippen molar-refractivity contribution >= 4 is 11.9 Å².